The summed E-state index contributed by atoms with van der Waals surface area (Å²) in [5.41, 5.74) is 0. The second-order valence-corrected chi connectivity index (χ2v) is 2.94. The Hall–Kier alpha value is -1.90. The Balaban J connectivity index is 2.40. The molecule has 0 bridgehead atoms. The normalized spacial score (nSPS) is 9.60. The van der Waals surface area contributed by atoms with Gasteiger partial charge >= 0.3 is 5.97 Å². The topological polar surface area (TPSA) is 80.8 Å². The Morgan fingerprint density at radius 3 is 3.13 bits per heavy atom. The van der Waals surface area contributed by atoms with Crippen molar-refractivity contribution in [2.75, 3.05) is 7.11 Å². The van der Waals surface area contributed by atoms with Crippen molar-refractivity contribution in [3.05, 3.63) is 12.2 Å². The highest BCUT2D eigenvalue weighted by Crippen LogP contribution is 1.98. The van der Waals surface area contributed by atoms with Crippen LogP contribution < -0.4 is 0 Å². The maximum atomic E-state index is 11.0. The van der Waals surface area contributed by atoms with Gasteiger partial charge in [-0.3, -0.25) is 4.68 Å². The lowest BCUT2D eigenvalue weighted by Crippen LogP contribution is -2.06. The van der Waals surface area contributed by atoms with Crippen LogP contribution >= 0.6 is 0 Å². The fourth-order valence-corrected chi connectivity index (χ4v) is 1.07. The maximum absolute atomic E-state index is 11.0. The molecule has 15 heavy (non-hydrogen) atoms. The highest BCUT2D eigenvalue weighted by molar-refractivity contribution is 5.84. The Labute approximate surface area is 87.5 Å². The van der Waals surface area contributed by atoms with E-state index in [-0.39, 0.29) is 5.82 Å². The van der Waals surface area contributed by atoms with Crippen molar-refractivity contribution in [3.8, 4) is 6.07 Å². The lowest BCUT2D eigenvalue weighted by molar-refractivity contribution is 0.0586. The van der Waals surface area contributed by atoms with Gasteiger partial charge in [0.05, 0.1) is 13.2 Å². The zero-order chi connectivity index (χ0) is 11.1. The van der Waals surface area contributed by atoms with Crippen LogP contribution in [0, 0.1) is 11.3 Å². The number of carbonyl (C=O) groups is 1. The molecule has 1 aromatic rings. The molecule has 0 saturated heterocycles. The molecule has 0 fully saturated rings. The van der Waals surface area contributed by atoms with E-state index in [9.17, 15) is 4.79 Å². The highest BCUT2D eigenvalue weighted by atomic mass is 16.5. The molecule has 1 heterocycles. The summed E-state index contributed by atoms with van der Waals surface area (Å²) in [6.07, 6.45) is 3.69. The lowest BCUT2D eigenvalue weighted by atomic mass is 10.2. The molecule has 6 nitrogen and oxygen atoms in total. The molecule has 1 aromatic heterocycles. The molecule has 0 atom stereocenters. The summed E-state index contributed by atoms with van der Waals surface area (Å²) in [5, 5.41) is 12.3. The molecule has 6 heteroatoms. The molecule has 1 rings (SSSR count). The first-order valence-electron chi connectivity index (χ1n) is 4.62. The monoisotopic (exact) mass is 208 g/mol. The number of aromatic nitrogens is 3. The van der Waals surface area contributed by atoms with E-state index in [1.54, 1.807) is 4.68 Å². The van der Waals surface area contributed by atoms with E-state index < -0.39 is 5.97 Å². The van der Waals surface area contributed by atoms with Crippen molar-refractivity contribution in [3.63, 3.8) is 0 Å². The summed E-state index contributed by atoms with van der Waals surface area (Å²) in [6, 6.07) is 2.07. The van der Waals surface area contributed by atoms with Crippen LogP contribution in [0.4, 0.5) is 0 Å². The molecule has 80 valence electrons. The second-order valence-electron chi connectivity index (χ2n) is 2.94. The largest absolute Gasteiger partial charge is 0.463 e. The van der Waals surface area contributed by atoms with E-state index in [0.29, 0.717) is 13.0 Å². The minimum absolute atomic E-state index is 0.0674. The first-order valence-corrected chi connectivity index (χ1v) is 4.62. The van der Waals surface area contributed by atoms with Gasteiger partial charge in [0, 0.05) is 13.0 Å². The molecule has 0 saturated carbocycles. The summed E-state index contributed by atoms with van der Waals surface area (Å²) in [7, 11) is 1.29. The van der Waals surface area contributed by atoms with E-state index in [2.05, 4.69) is 20.9 Å². The first-order chi connectivity index (χ1) is 7.27. The molecule has 0 aromatic carbocycles. The predicted octanol–water partition coefficient (Wildman–Crippen LogP) is 0.759. The molecule has 0 N–H and O–H groups in total. The zero-order valence-electron chi connectivity index (χ0n) is 8.51. The zero-order valence-corrected chi connectivity index (χ0v) is 8.51. The van der Waals surface area contributed by atoms with Crippen molar-refractivity contribution >= 4 is 5.97 Å². The summed E-state index contributed by atoms with van der Waals surface area (Å²) in [4.78, 5) is 14.8. The fourth-order valence-electron chi connectivity index (χ4n) is 1.07. The van der Waals surface area contributed by atoms with E-state index in [1.807, 2.05) is 0 Å². The van der Waals surface area contributed by atoms with Crippen LogP contribution in [0.1, 0.15) is 29.9 Å². The van der Waals surface area contributed by atoms with Gasteiger partial charge in [-0.25, -0.2) is 9.78 Å². The number of hydrogen-bond acceptors (Lipinski definition) is 5. The SMILES string of the molecule is COC(=O)c1ncn(CCCCC#N)n1. The molecular weight excluding hydrogens is 196 g/mol. The van der Waals surface area contributed by atoms with Gasteiger partial charge in [-0.1, -0.05) is 0 Å². The van der Waals surface area contributed by atoms with Gasteiger partial charge in [-0.05, 0) is 12.8 Å². The Kier molecular flexibility index (Phi) is 4.29. The van der Waals surface area contributed by atoms with Crippen molar-refractivity contribution in [1.29, 1.82) is 5.26 Å². The van der Waals surface area contributed by atoms with Crippen LogP contribution in [-0.4, -0.2) is 27.8 Å². The Morgan fingerprint density at radius 1 is 1.67 bits per heavy atom. The number of nitriles is 1. The van der Waals surface area contributed by atoms with Crippen molar-refractivity contribution in [1.82, 2.24) is 14.8 Å². The predicted molar refractivity (Wildman–Crippen MR) is 50.8 cm³/mol. The number of carbonyl (C=O) groups excluding carboxylic acids is 1. The van der Waals surface area contributed by atoms with E-state index >= 15 is 0 Å². The van der Waals surface area contributed by atoms with Crippen LogP contribution in [0.15, 0.2) is 6.33 Å². The first kappa shape index (κ1) is 11.2. The number of esters is 1. The average molecular weight is 208 g/mol. The number of aryl methyl sites for hydroxylation is 1. The van der Waals surface area contributed by atoms with E-state index in [0.717, 1.165) is 12.8 Å². The van der Waals surface area contributed by atoms with Crippen molar-refractivity contribution < 1.29 is 9.53 Å². The Morgan fingerprint density at radius 2 is 2.47 bits per heavy atom. The summed E-state index contributed by atoms with van der Waals surface area (Å²) < 4.78 is 6.05. The molecule has 0 aliphatic heterocycles. The molecule has 0 spiro atoms. The van der Waals surface area contributed by atoms with Gasteiger partial charge < -0.3 is 4.74 Å². The molecule has 0 aliphatic carbocycles. The lowest BCUT2D eigenvalue weighted by Gasteiger charge is -1.97. The standard InChI is InChI=1S/C9H12N4O2/c1-15-9(14)8-11-7-13(12-8)6-4-2-3-5-10/h7H,2-4,6H2,1H3. The van der Waals surface area contributed by atoms with Gasteiger partial charge in [0.15, 0.2) is 0 Å². The molecule has 0 amide bonds. The Bertz CT molecular complexity index is 366. The van der Waals surface area contributed by atoms with Crippen LogP contribution in [0.25, 0.3) is 0 Å². The van der Waals surface area contributed by atoms with Gasteiger partial charge in [-0.2, -0.15) is 5.26 Å². The van der Waals surface area contributed by atoms with Crippen LogP contribution in [0.2, 0.25) is 0 Å². The number of unbranched alkanes of at least 4 members (excludes halogenated alkanes) is 2. The number of rotatable bonds is 5. The third kappa shape index (κ3) is 3.38. The van der Waals surface area contributed by atoms with Gasteiger partial charge in [0.2, 0.25) is 0 Å². The van der Waals surface area contributed by atoms with Gasteiger partial charge in [-0.15, -0.1) is 5.10 Å². The van der Waals surface area contributed by atoms with Crippen LogP contribution in [0.3, 0.4) is 0 Å². The maximum Gasteiger partial charge on any atom is 0.377 e. The number of hydrogen-bond donors (Lipinski definition) is 0. The number of ether oxygens (including phenoxy) is 1. The highest BCUT2D eigenvalue weighted by Gasteiger charge is 2.10. The van der Waals surface area contributed by atoms with Gasteiger partial charge in [0.1, 0.15) is 6.33 Å². The summed E-state index contributed by atoms with van der Waals surface area (Å²) in [6.45, 7) is 0.658. The molecular formula is C9H12N4O2. The smallest absolute Gasteiger partial charge is 0.377 e. The van der Waals surface area contributed by atoms with Crippen molar-refractivity contribution in [2.45, 2.75) is 25.8 Å². The third-order valence-corrected chi connectivity index (χ3v) is 1.83. The van der Waals surface area contributed by atoms with Crippen LogP contribution in [0.5, 0.6) is 0 Å². The van der Waals surface area contributed by atoms with E-state index in [1.165, 1.54) is 13.4 Å². The quantitative estimate of drug-likeness (QED) is 0.527. The van der Waals surface area contributed by atoms with Crippen LogP contribution in [-0.2, 0) is 11.3 Å². The summed E-state index contributed by atoms with van der Waals surface area (Å²) >= 11 is 0. The number of nitrogens with zero attached hydrogens (tertiary/aromatic N) is 4. The fraction of sp³-hybridized carbons (Fsp3) is 0.556. The molecule has 0 aliphatic rings. The summed E-state index contributed by atoms with van der Waals surface area (Å²) in [5.74, 6) is -0.469. The van der Waals surface area contributed by atoms with Crippen molar-refractivity contribution in [2.24, 2.45) is 0 Å². The van der Waals surface area contributed by atoms with Gasteiger partial charge in [0.25, 0.3) is 5.82 Å². The third-order valence-electron chi connectivity index (χ3n) is 1.83. The molecule has 0 radical (unpaired) electrons. The average Bonchev–Trinajstić information content (AvgIpc) is 2.72. The van der Waals surface area contributed by atoms with E-state index in [4.69, 9.17) is 5.26 Å². The molecule has 0 unspecified atom stereocenters. The minimum Gasteiger partial charge on any atom is -0.463 e. The number of methoxy groups -OCH3 is 1. The second kappa shape index (κ2) is 5.75. The minimum atomic E-state index is -0.536.